The molecule has 0 bridgehead atoms. The molecule has 0 atom stereocenters. The molecule has 9 nitrogen and oxygen atoms in total. The Hall–Kier alpha value is -12.6. The fraction of sp³-hybridized carbons (Fsp3) is 0.204. The van der Waals surface area contributed by atoms with Crippen LogP contribution >= 0.6 is 22.9 Å². The summed E-state index contributed by atoms with van der Waals surface area (Å²) in [6.45, 7) is 27.4. The zero-order chi connectivity index (χ0) is 90.1. The van der Waals surface area contributed by atoms with Crippen LogP contribution in [0.25, 0.3) is 0 Å². The van der Waals surface area contributed by atoms with Crippen molar-refractivity contribution < 1.29 is 63.6 Å². The highest BCUT2D eigenvalue weighted by Gasteiger charge is 2.31. The number of alkyl halides is 6. The number of halogens is 8. The zero-order valence-electron chi connectivity index (χ0n) is 72.4. The molecule has 14 rings (SSSR count). The molecule has 0 aliphatic carbocycles. The highest BCUT2D eigenvalue weighted by Crippen LogP contribution is 2.30. The number of Topliss-reactive ketones (excluding diaryl/α,β-unsaturated/α-hetero) is 1. The number of nitriles is 1. The van der Waals surface area contributed by atoms with Crippen LogP contribution in [0, 0.1) is 107 Å². The molecule has 0 saturated carbocycles. The number of methoxy groups -OCH3 is 3. The summed E-state index contributed by atoms with van der Waals surface area (Å²) in [6, 6.07) is 100. The van der Waals surface area contributed by atoms with Gasteiger partial charge in [0.1, 0.15) is 34.6 Å². The molecular weight excluding hydrogens is 1580 g/mol. The second-order valence-corrected chi connectivity index (χ2v) is 28.7. The number of para-hydroxylation sites is 3. The van der Waals surface area contributed by atoms with Gasteiger partial charge in [0.15, 0.2) is 17.3 Å². The number of carbonyl (C=O) groups excluding carboxylic acids is 1. The van der Waals surface area contributed by atoms with Crippen LogP contribution in [0.3, 0.4) is 0 Å². The average Bonchev–Trinajstić information content (AvgIpc) is 1.01. The number of ether oxygens (including phenoxy) is 5. The Bertz CT molecular complexity index is 4890. The Labute approximate surface area is 721 Å². The minimum atomic E-state index is -4.60. The lowest BCUT2D eigenvalue weighted by molar-refractivity contribution is -0.274. The summed E-state index contributed by atoms with van der Waals surface area (Å²) in [7, 11) is 9.01. The lowest BCUT2D eigenvalue weighted by Gasteiger charge is -2.11. The van der Waals surface area contributed by atoms with E-state index in [1.165, 1.54) is 97.5 Å². The third-order valence-electron chi connectivity index (χ3n) is 15.9. The van der Waals surface area contributed by atoms with Crippen LogP contribution in [0.1, 0.15) is 100 Å². The first-order valence-corrected chi connectivity index (χ1v) is 39.5. The Balaban J connectivity index is 0.000000447. The van der Waals surface area contributed by atoms with E-state index in [0.29, 0.717) is 0 Å². The van der Waals surface area contributed by atoms with E-state index in [9.17, 15) is 35.5 Å². The fourth-order valence-corrected chi connectivity index (χ4v) is 9.78. The molecule has 2 aromatic heterocycles. The molecule has 0 amide bonds. The number of nitrogens with zero attached hydrogens (tertiary/aromatic N) is 2. The molecule has 0 saturated heterocycles. The second-order valence-electron chi connectivity index (χ2n) is 27.2. The topological polar surface area (TPSA) is 103 Å². The summed E-state index contributed by atoms with van der Waals surface area (Å²) < 4.78 is 112. The van der Waals surface area contributed by atoms with Crippen LogP contribution in [0.15, 0.2) is 338 Å². The van der Waals surface area contributed by atoms with Gasteiger partial charge in [-0.05, 0) is 253 Å². The highest BCUT2D eigenvalue weighted by molar-refractivity contribution is 7.09. The summed E-state index contributed by atoms with van der Waals surface area (Å²) in [5.41, 5.74) is 14.9. The van der Waals surface area contributed by atoms with Crippen molar-refractivity contribution in [1.29, 1.82) is 5.26 Å². The average molecular weight is 1690 g/mol. The van der Waals surface area contributed by atoms with Crippen LogP contribution in [-0.2, 0) is 6.18 Å². The van der Waals surface area contributed by atoms with E-state index < -0.39 is 18.1 Å². The first-order valence-electron chi connectivity index (χ1n) is 38.2. The predicted molar refractivity (Wildman–Crippen MR) is 487 cm³/mol. The molecule has 0 spiro atoms. The van der Waals surface area contributed by atoms with Gasteiger partial charge in [0.2, 0.25) is 0 Å². The van der Waals surface area contributed by atoms with Gasteiger partial charge >= 0.3 is 12.5 Å². The van der Waals surface area contributed by atoms with Crippen molar-refractivity contribution >= 4 is 34.4 Å². The lowest BCUT2D eigenvalue weighted by atomic mass is 10.1. The molecule has 0 unspecified atom stereocenters. The molecule has 121 heavy (non-hydrogen) atoms. The van der Waals surface area contributed by atoms with Crippen molar-refractivity contribution in [2.75, 3.05) is 40.3 Å². The summed E-state index contributed by atoms with van der Waals surface area (Å²) in [5, 5.41) is 11.3. The number of ketones is 1. The molecule has 0 radical (unpaired) electrons. The van der Waals surface area contributed by atoms with Crippen molar-refractivity contribution in [2.24, 2.45) is 0 Å². The minimum absolute atomic E-state index is 0.125. The Morgan fingerprint density at radius 3 is 1.12 bits per heavy atom. The number of anilines is 1. The summed E-state index contributed by atoms with van der Waals surface area (Å²) >= 11 is 7.42. The van der Waals surface area contributed by atoms with Crippen LogP contribution in [0.4, 0.5) is 36.4 Å². The molecule has 18 heteroatoms. The third-order valence-corrected chi connectivity index (χ3v) is 16.9. The number of aryl methyl sites for hydroxylation is 13. The molecule has 0 fully saturated rings. The number of hydrogen-bond donors (Lipinski definition) is 0. The van der Waals surface area contributed by atoms with Gasteiger partial charge in [-0.25, -0.2) is 4.39 Å². The number of benzene rings is 12. The van der Waals surface area contributed by atoms with Crippen molar-refractivity contribution in [3.63, 3.8) is 0 Å². The van der Waals surface area contributed by atoms with Crippen molar-refractivity contribution in [1.82, 2.24) is 0 Å². The van der Waals surface area contributed by atoms with Gasteiger partial charge < -0.3 is 33.0 Å². The quantitative estimate of drug-likeness (QED) is 0.109. The van der Waals surface area contributed by atoms with Gasteiger partial charge in [0.25, 0.3) is 0 Å². The Kier molecular flexibility index (Phi) is 51.0. The molecule has 2 heterocycles. The predicted octanol–water partition coefficient (Wildman–Crippen LogP) is 30.3. The van der Waals surface area contributed by atoms with Gasteiger partial charge in [0, 0.05) is 35.2 Å². The molecule has 638 valence electrons. The SMILES string of the molecule is CC(=O)c1ccc(C)cc1.COc1ccc(C)cc1.COc1ccccc1OC.Cc1ccc(C#N)cc1.Cc1ccc(C(F)(F)F)cc1.Cc1ccc(C)cc1.Cc1ccc(F)cc1.Cc1ccc(N(C)C)cc1.Cc1ccc(Oc2ccccc2)cc1.Cc1cccc(Cl)c1.Cc1cccc(OC(F)(F)F)c1.Cc1ccco1.Cc1cccs1. The smallest absolute Gasteiger partial charge is 0.497 e. The molecule has 0 aliphatic rings. The maximum Gasteiger partial charge on any atom is 0.573 e. The van der Waals surface area contributed by atoms with Gasteiger partial charge in [-0.1, -0.05) is 244 Å². The van der Waals surface area contributed by atoms with Gasteiger partial charge in [0.05, 0.1) is 44.8 Å². The highest BCUT2D eigenvalue weighted by atomic mass is 35.5. The van der Waals surface area contributed by atoms with Crippen molar-refractivity contribution in [2.45, 2.75) is 109 Å². The summed E-state index contributed by atoms with van der Waals surface area (Å²) in [6.07, 6.45) is -7.16. The van der Waals surface area contributed by atoms with Gasteiger partial charge in [-0.2, -0.15) is 18.4 Å². The molecule has 14 aromatic rings. The number of hydrogen-bond acceptors (Lipinski definition) is 10. The first-order chi connectivity index (χ1) is 57.4. The second kappa shape index (κ2) is 59.1. The maximum atomic E-state index is 12.1. The lowest BCUT2D eigenvalue weighted by Crippen LogP contribution is -2.17. The fourth-order valence-electron chi connectivity index (χ4n) is 9.00. The van der Waals surface area contributed by atoms with E-state index in [1.807, 2.05) is 237 Å². The largest absolute Gasteiger partial charge is 0.573 e. The van der Waals surface area contributed by atoms with Crippen LogP contribution < -0.4 is 28.6 Å². The number of carbonyl (C=O) groups is 1. The zero-order valence-corrected chi connectivity index (χ0v) is 74.0. The van der Waals surface area contributed by atoms with E-state index >= 15 is 0 Å². The normalized spacial score (nSPS) is 9.64. The maximum absolute atomic E-state index is 12.1. The molecular formula is C103H112ClF7N2O7S. The molecule has 0 aliphatic heterocycles. The van der Waals surface area contributed by atoms with Gasteiger partial charge in [-0.15, -0.1) is 24.5 Å². The van der Waals surface area contributed by atoms with Crippen LogP contribution in [0.2, 0.25) is 5.02 Å². The third kappa shape index (κ3) is 52.0. The standard InChI is InChI=1S/C13H12O.C9H13N.C9H10O.C8H7F3O.C8H7F3.C8H7N.C8H10O2.C8H10O.C8H10.C7H7Cl.C7H7F.C5H6O.C5H6S/c1-11-7-9-13(10-8-11)14-12-5-3-2-4-6-12;1-8-4-6-9(7-5-8)10(2)3;1-7-3-5-9(6-4-7)8(2)10;1-6-3-2-4-7(5-6)12-8(9,10)11;1-6-2-4-7(5-3-6)8(9,10)11;1-7-2-4-8(6-9)5-3-7;1-9-7-5-3-4-6-8(7)10-2;1-7-3-5-8(9-2)6-4-7;1-7-3-5-8(2)6-4-7;1-6-3-2-4-7(8)5-6;1-6-2-4-7(8)5-3-6;2*1-5-3-2-4-6-5/h2-10H,1H3;4-7H,1-3H3;3-6H,1-2H3;2-5H,1H3;2-5H,1H3;2-5H,1H3;3-6H,1-2H3;3-6H,1-2H3;3-6H,1-2H3;2*2-5H,1H3;2*2-4H,1H3. The number of rotatable bonds is 8. The van der Waals surface area contributed by atoms with E-state index in [0.717, 1.165) is 79.5 Å². The van der Waals surface area contributed by atoms with Crippen molar-refractivity contribution in [3.8, 4) is 40.6 Å². The van der Waals surface area contributed by atoms with E-state index in [1.54, 1.807) is 77.9 Å². The minimum Gasteiger partial charge on any atom is -0.497 e. The van der Waals surface area contributed by atoms with E-state index in [4.69, 9.17) is 40.2 Å². The van der Waals surface area contributed by atoms with Crippen LogP contribution in [0.5, 0.6) is 34.5 Å². The van der Waals surface area contributed by atoms with E-state index in [2.05, 4.69) is 123 Å². The van der Waals surface area contributed by atoms with E-state index in [-0.39, 0.29) is 17.3 Å². The first kappa shape index (κ1) is 104. The molecule has 12 aromatic carbocycles. The Morgan fingerprint density at radius 1 is 0.405 bits per heavy atom. The molecule has 0 N–H and O–H groups in total. The number of furan rings is 1. The summed E-state index contributed by atoms with van der Waals surface area (Å²) in [5.74, 6) is 4.95. The monoisotopic (exact) mass is 1690 g/mol. The number of thiophene rings is 1. The van der Waals surface area contributed by atoms with Crippen molar-refractivity contribution in [3.05, 3.63) is 433 Å². The Morgan fingerprint density at radius 2 is 0.793 bits per heavy atom. The summed E-state index contributed by atoms with van der Waals surface area (Å²) in [4.78, 5) is 14.2. The van der Waals surface area contributed by atoms with Gasteiger partial charge in [-0.3, -0.25) is 4.79 Å². The van der Waals surface area contributed by atoms with Crippen LogP contribution in [-0.4, -0.2) is 47.6 Å².